The van der Waals surface area contributed by atoms with Crippen LogP contribution in [0.4, 0.5) is 0 Å². The number of rotatable bonds is 8. The summed E-state index contributed by atoms with van der Waals surface area (Å²) in [4.78, 5) is 28.7. The van der Waals surface area contributed by atoms with Crippen LogP contribution in [-0.4, -0.2) is 22.0 Å². The predicted octanol–water partition coefficient (Wildman–Crippen LogP) is 2.73. The summed E-state index contributed by atoms with van der Waals surface area (Å²) in [6, 6.07) is 7.17. The van der Waals surface area contributed by atoms with Gasteiger partial charge in [-0.15, -0.1) is 0 Å². The van der Waals surface area contributed by atoms with Crippen LogP contribution >= 0.6 is 0 Å². The first kappa shape index (κ1) is 17.2. The van der Waals surface area contributed by atoms with E-state index in [2.05, 4.69) is 24.1 Å². The molecule has 1 atom stereocenters. The first-order valence-corrected chi connectivity index (χ1v) is 8.36. The first-order chi connectivity index (χ1) is 11.2. The van der Waals surface area contributed by atoms with Crippen LogP contribution in [0, 0.1) is 5.92 Å². The second-order valence-electron chi connectivity index (χ2n) is 5.92. The van der Waals surface area contributed by atoms with Crippen molar-refractivity contribution in [2.45, 2.75) is 46.1 Å². The average Bonchev–Trinajstić information content (AvgIpc) is 2.58. The number of hydrogen-bond donors (Lipinski definition) is 1. The Balaban J connectivity index is 1.98. The molecule has 0 fully saturated rings. The van der Waals surface area contributed by atoms with Gasteiger partial charge in [0.1, 0.15) is 6.54 Å². The van der Waals surface area contributed by atoms with Crippen LogP contribution in [0.3, 0.4) is 0 Å². The van der Waals surface area contributed by atoms with Crippen LogP contribution in [0.25, 0.3) is 10.9 Å². The highest BCUT2D eigenvalue weighted by atomic mass is 16.2. The lowest BCUT2D eigenvalue weighted by atomic mass is 9.99. The molecule has 1 aromatic carbocycles. The third-order valence-electron chi connectivity index (χ3n) is 4.18. The minimum Gasteiger partial charge on any atom is -0.354 e. The molecule has 2 aromatic rings. The Morgan fingerprint density at radius 2 is 2.09 bits per heavy atom. The molecule has 0 aliphatic carbocycles. The van der Waals surface area contributed by atoms with Gasteiger partial charge in [0.25, 0.3) is 5.56 Å². The Bertz CT molecular complexity index is 709. The Hall–Kier alpha value is -2.17. The number of unbranched alkanes of at least 4 members (excludes halogenated alkanes) is 1. The molecule has 0 aliphatic rings. The second kappa shape index (κ2) is 8.46. The molecule has 0 saturated heterocycles. The number of carbonyl (C=O) groups is 1. The zero-order chi connectivity index (χ0) is 16.7. The number of para-hydroxylation sites is 1. The zero-order valence-electron chi connectivity index (χ0n) is 13.9. The summed E-state index contributed by atoms with van der Waals surface area (Å²) in [6.45, 7) is 5.00. The molecule has 1 heterocycles. The Morgan fingerprint density at radius 1 is 1.30 bits per heavy atom. The maximum atomic E-state index is 12.3. The summed E-state index contributed by atoms with van der Waals surface area (Å²) < 4.78 is 1.37. The zero-order valence-corrected chi connectivity index (χ0v) is 13.9. The van der Waals surface area contributed by atoms with E-state index in [1.807, 2.05) is 6.07 Å². The van der Waals surface area contributed by atoms with Crippen molar-refractivity contribution in [3.8, 4) is 0 Å². The maximum Gasteiger partial charge on any atom is 0.261 e. The van der Waals surface area contributed by atoms with Gasteiger partial charge in [-0.25, -0.2) is 4.98 Å². The van der Waals surface area contributed by atoms with Crippen molar-refractivity contribution in [1.82, 2.24) is 14.9 Å². The summed E-state index contributed by atoms with van der Waals surface area (Å²) in [5.41, 5.74) is 0.476. The van der Waals surface area contributed by atoms with E-state index in [9.17, 15) is 9.59 Å². The lowest BCUT2D eigenvalue weighted by molar-refractivity contribution is -0.121. The second-order valence-corrected chi connectivity index (χ2v) is 5.92. The molecule has 0 radical (unpaired) electrons. The molecule has 2 rings (SSSR count). The van der Waals surface area contributed by atoms with E-state index in [1.165, 1.54) is 23.7 Å². The number of benzene rings is 1. The van der Waals surface area contributed by atoms with Gasteiger partial charge in [0.15, 0.2) is 0 Å². The molecule has 5 heteroatoms. The highest BCUT2D eigenvalue weighted by Crippen LogP contribution is 2.11. The van der Waals surface area contributed by atoms with E-state index in [0.29, 0.717) is 23.4 Å². The largest absolute Gasteiger partial charge is 0.354 e. The Kier molecular flexibility index (Phi) is 6.32. The average molecular weight is 315 g/mol. The van der Waals surface area contributed by atoms with Crippen LogP contribution in [0.1, 0.15) is 39.5 Å². The number of fused-ring (bicyclic) bond motifs is 1. The molecule has 0 aliphatic heterocycles. The van der Waals surface area contributed by atoms with Gasteiger partial charge in [0.05, 0.1) is 17.2 Å². The van der Waals surface area contributed by atoms with E-state index >= 15 is 0 Å². The molecule has 0 unspecified atom stereocenters. The first-order valence-electron chi connectivity index (χ1n) is 8.36. The fourth-order valence-electron chi connectivity index (χ4n) is 2.63. The minimum absolute atomic E-state index is 0.0148. The fraction of sp³-hybridized carbons (Fsp3) is 0.500. The van der Waals surface area contributed by atoms with Gasteiger partial charge in [0.2, 0.25) is 5.91 Å². The SMILES string of the molecule is CCCC[C@@H](CC)CNC(=O)Cn1cnc2ccccc2c1=O. The van der Waals surface area contributed by atoms with Gasteiger partial charge in [0, 0.05) is 6.54 Å². The Morgan fingerprint density at radius 3 is 2.83 bits per heavy atom. The lowest BCUT2D eigenvalue weighted by Gasteiger charge is -2.15. The van der Waals surface area contributed by atoms with Crippen LogP contribution < -0.4 is 10.9 Å². The summed E-state index contributed by atoms with van der Waals surface area (Å²) in [6.07, 6.45) is 5.98. The number of carbonyl (C=O) groups excluding carboxylic acids is 1. The molecular weight excluding hydrogens is 290 g/mol. The number of nitrogens with one attached hydrogen (secondary N) is 1. The molecule has 1 N–H and O–H groups in total. The lowest BCUT2D eigenvalue weighted by Crippen LogP contribution is -2.35. The minimum atomic E-state index is -0.177. The molecule has 1 amide bonds. The number of nitrogens with zero attached hydrogens (tertiary/aromatic N) is 2. The van der Waals surface area contributed by atoms with Crippen LogP contribution in [0.15, 0.2) is 35.4 Å². The summed E-state index contributed by atoms with van der Waals surface area (Å²) in [7, 11) is 0. The van der Waals surface area contributed by atoms with E-state index in [-0.39, 0.29) is 18.0 Å². The number of amides is 1. The summed E-state index contributed by atoms with van der Waals surface area (Å²) >= 11 is 0. The van der Waals surface area contributed by atoms with Gasteiger partial charge in [-0.05, 0) is 24.5 Å². The van der Waals surface area contributed by atoms with E-state index < -0.39 is 0 Å². The summed E-state index contributed by atoms with van der Waals surface area (Å²) in [5.74, 6) is 0.365. The monoisotopic (exact) mass is 315 g/mol. The van der Waals surface area contributed by atoms with Gasteiger partial charge in [-0.2, -0.15) is 0 Å². The van der Waals surface area contributed by atoms with E-state index in [4.69, 9.17) is 0 Å². The third kappa shape index (κ3) is 4.65. The van der Waals surface area contributed by atoms with Crippen molar-refractivity contribution < 1.29 is 4.79 Å². The molecule has 0 spiro atoms. The molecule has 124 valence electrons. The van der Waals surface area contributed by atoms with E-state index in [0.717, 1.165) is 12.8 Å². The van der Waals surface area contributed by atoms with Crippen molar-refractivity contribution in [2.75, 3.05) is 6.54 Å². The van der Waals surface area contributed by atoms with Crippen LogP contribution in [0.2, 0.25) is 0 Å². The highest BCUT2D eigenvalue weighted by molar-refractivity contribution is 5.78. The predicted molar refractivity (Wildman–Crippen MR) is 92.3 cm³/mol. The number of aromatic nitrogens is 2. The highest BCUT2D eigenvalue weighted by Gasteiger charge is 2.10. The summed E-state index contributed by atoms with van der Waals surface area (Å²) in [5, 5.41) is 3.48. The molecular formula is C18H25N3O2. The van der Waals surface area contributed by atoms with Gasteiger partial charge in [-0.1, -0.05) is 45.2 Å². The van der Waals surface area contributed by atoms with Crippen LogP contribution in [0.5, 0.6) is 0 Å². The number of hydrogen-bond acceptors (Lipinski definition) is 3. The Labute approximate surface area is 136 Å². The van der Waals surface area contributed by atoms with Gasteiger partial charge < -0.3 is 5.32 Å². The van der Waals surface area contributed by atoms with Crippen molar-refractivity contribution in [3.05, 3.63) is 40.9 Å². The van der Waals surface area contributed by atoms with Gasteiger partial charge in [-0.3, -0.25) is 14.2 Å². The molecule has 5 nitrogen and oxygen atoms in total. The van der Waals surface area contributed by atoms with Crippen molar-refractivity contribution in [3.63, 3.8) is 0 Å². The van der Waals surface area contributed by atoms with E-state index in [1.54, 1.807) is 18.2 Å². The van der Waals surface area contributed by atoms with Crippen molar-refractivity contribution >= 4 is 16.8 Å². The molecule has 1 aromatic heterocycles. The normalized spacial score (nSPS) is 12.3. The smallest absolute Gasteiger partial charge is 0.261 e. The third-order valence-corrected chi connectivity index (χ3v) is 4.18. The topological polar surface area (TPSA) is 64.0 Å². The standard InChI is InChI=1S/C18H25N3O2/c1-3-5-8-14(4-2)11-19-17(22)12-21-13-20-16-10-7-6-9-15(16)18(21)23/h6-7,9-10,13-14H,3-5,8,11-12H2,1-2H3,(H,19,22)/t14-/m1/s1. The quantitative estimate of drug-likeness (QED) is 0.814. The maximum absolute atomic E-state index is 12.3. The molecule has 23 heavy (non-hydrogen) atoms. The van der Waals surface area contributed by atoms with Crippen molar-refractivity contribution in [2.24, 2.45) is 5.92 Å². The van der Waals surface area contributed by atoms with Crippen LogP contribution in [-0.2, 0) is 11.3 Å². The van der Waals surface area contributed by atoms with Gasteiger partial charge >= 0.3 is 0 Å². The molecule has 0 bridgehead atoms. The fourth-order valence-corrected chi connectivity index (χ4v) is 2.63. The molecule has 0 saturated carbocycles. The van der Waals surface area contributed by atoms with Crippen molar-refractivity contribution in [1.29, 1.82) is 0 Å².